The third-order valence-corrected chi connectivity index (χ3v) is 4.08. The van der Waals surface area contributed by atoms with Gasteiger partial charge in [0.25, 0.3) is 5.69 Å². The van der Waals surface area contributed by atoms with Crippen LogP contribution >= 0.6 is 11.6 Å². The molecule has 0 spiro atoms. The summed E-state index contributed by atoms with van der Waals surface area (Å²) in [7, 11) is 0. The fourth-order valence-electron chi connectivity index (χ4n) is 2.60. The lowest BCUT2D eigenvalue weighted by atomic mass is 9.98. The standard InChI is InChI=1S/C13H17ClN2O2/c1-9-4-2-5-10(9)8-15-13-11(14)6-3-7-12(13)16(17)18/h3,6-7,9-10,15H,2,4-5,8H2,1H3. The Labute approximate surface area is 111 Å². The molecule has 2 unspecified atom stereocenters. The maximum Gasteiger partial charge on any atom is 0.293 e. The number of nitro benzene ring substituents is 1. The molecule has 0 aliphatic heterocycles. The molecule has 1 saturated carbocycles. The van der Waals surface area contributed by atoms with Crippen LogP contribution in [0.2, 0.25) is 5.02 Å². The van der Waals surface area contributed by atoms with Crippen molar-refractivity contribution < 1.29 is 4.92 Å². The number of hydrogen-bond acceptors (Lipinski definition) is 3. The van der Waals surface area contributed by atoms with Crippen LogP contribution in [0, 0.1) is 22.0 Å². The molecule has 18 heavy (non-hydrogen) atoms. The molecule has 4 nitrogen and oxygen atoms in total. The highest BCUT2D eigenvalue weighted by atomic mass is 35.5. The van der Waals surface area contributed by atoms with E-state index in [1.54, 1.807) is 12.1 Å². The van der Waals surface area contributed by atoms with Crippen molar-refractivity contribution in [1.82, 2.24) is 0 Å². The minimum Gasteiger partial charge on any atom is -0.378 e. The van der Waals surface area contributed by atoms with Gasteiger partial charge in [-0.25, -0.2) is 0 Å². The molecule has 5 heteroatoms. The summed E-state index contributed by atoms with van der Waals surface area (Å²) in [5.41, 5.74) is 0.497. The van der Waals surface area contributed by atoms with Crippen LogP contribution in [0.4, 0.5) is 11.4 Å². The number of anilines is 1. The molecule has 2 atom stereocenters. The predicted molar refractivity (Wildman–Crippen MR) is 73.1 cm³/mol. The lowest BCUT2D eigenvalue weighted by molar-refractivity contribution is -0.383. The Kier molecular flexibility index (Phi) is 4.07. The van der Waals surface area contributed by atoms with E-state index >= 15 is 0 Å². The molecule has 2 rings (SSSR count). The van der Waals surface area contributed by atoms with E-state index in [9.17, 15) is 10.1 Å². The number of rotatable bonds is 4. The fraction of sp³-hybridized carbons (Fsp3) is 0.538. The first-order valence-corrected chi connectivity index (χ1v) is 6.64. The quantitative estimate of drug-likeness (QED) is 0.661. The molecule has 98 valence electrons. The number of hydrogen-bond donors (Lipinski definition) is 1. The SMILES string of the molecule is CC1CCCC1CNc1c(Cl)cccc1[N+](=O)[O-]. The maximum absolute atomic E-state index is 10.9. The zero-order valence-corrected chi connectivity index (χ0v) is 11.1. The third kappa shape index (κ3) is 2.75. The highest BCUT2D eigenvalue weighted by molar-refractivity contribution is 6.33. The first-order chi connectivity index (χ1) is 8.59. The maximum atomic E-state index is 10.9. The lowest BCUT2D eigenvalue weighted by Crippen LogP contribution is -2.17. The zero-order chi connectivity index (χ0) is 13.1. The van der Waals surface area contributed by atoms with Gasteiger partial charge in [0, 0.05) is 12.6 Å². The molecule has 0 amide bonds. The van der Waals surface area contributed by atoms with Crippen molar-refractivity contribution in [2.45, 2.75) is 26.2 Å². The first kappa shape index (κ1) is 13.1. The molecule has 1 N–H and O–H groups in total. The monoisotopic (exact) mass is 268 g/mol. The summed E-state index contributed by atoms with van der Waals surface area (Å²) < 4.78 is 0. The summed E-state index contributed by atoms with van der Waals surface area (Å²) >= 11 is 6.03. The van der Waals surface area contributed by atoms with Crippen molar-refractivity contribution in [2.24, 2.45) is 11.8 Å². The van der Waals surface area contributed by atoms with E-state index in [4.69, 9.17) is 11.6 Å². The Morgan fingerprint density at radius 3 is 2.89 bits per heavy atom. The number of halogens is 1. The molecule has 0 radical (unpaired) electrons. The van der Waals surface area contributed by atoms with Crippen molar-refractivity contribution in [3.8, 4) is 0 Å². The molecule has 1 aromatic rings. The Morgan fingerprint density at radius 1 is 1.50 bits per heavy atom. The van der Waals surface area contributed by atoms with Gasteiger partial charge in [0.1, 0.15) is 5.69 Å². The average molecular weight is 269 g/mol. The molecule has 0 saturated heterocycles. The second kappa shape index (κ2) is 5.57. The van der Waals surface area contributed by atoms with Crippen LogP contribution in [0.1, 0.15) is 26.2 Å². The fourth-order valence-corrected chi connectivity index (χ4v) is 2.83. The molecule has 1 aliphatic rings. The summed E-state index contributed by atoms with van der Waals surface area (Å²) in [6.45, 7) is 2.99. The van der Waals surface area contributed by atoms with Gasteiger partial charge in [-0.2, -0.15) is 0 Å². The summed E-state index contributed by atoms with van der Waals surface area (Å²) in [5, 5.41) is 14.5. The van der Waals surface area contributed by atoms with E-state index in [1.165, 1.54) is 25.3 Å². The van der Waals surface area contributed by atoms with Crippen LogP contribution in [0.3, 0.4) is 0 Å². The Bertz CT molecular complexity index is 451. The number of nitrogens with one attached hydrogen (secondary N) is 1. The lowest BCUT2D eigenvalue weighted by Gasteiger charge is -2.17. The molecular weight excluding hydrogens is 252 g/mol. The number of nitrogens with zero attached hydrogens (tertiary/aromatic N) is 1. The topological polar surface area (TPSA) is 55.2 Å². The van der Waals surface area contributed by atoms with Crippen LogP contribution in [-0.2, 0) is 0 Å². The number of para-hydroxylation sites is 1. The van der Waals surface area contributed by atoms with Gasteiger partial charge in [0.2, 0.25) is 0 Å². The van der Waals surface area contributed by atoms with Crippen molar-refractivity contribution in [2.75, 3.05) is 11.9 Å². The summed E-state index contributed by atoms with van der Waals surface area (Å²) in [5.74, 6) is 1.26. The second-order valence-corrected chi connectivity index (χ2v) is 5.35. The zero-order valence-electron chi connectivity index (χ0n) is 10.4. The average Bonchev–Trinajstić information content (AvgIpc) is 2.73. The molecule has 1 aromatic carbocycles. The van der Waals surface area contributed by atoms with Crippen molar-refractivity contribution in [1.29, 1.82) is 0 Å². The largest absolute Gasteiger partial charge is 0.378 e. The van der Waals surface area contributed by atoms with Crippen LogP contribution < -0.4 is 5.32 Å². The predicted octanol–water partition coefficient (Wildman–Crippen LogP) is 4.10. The van der Waals surface area contributed by atoms with Gasteiger partial charge in [0.15, 0.2) is 0 Å². The van der Waals surface area contributed by atoms with Gasteiger partial charge < -0.3 is 5.32 Å². The van der Waals surface area contributed by atoms with Gasteiger partial charge in [0.05, 0.1) is 9.95 Å². The number of nitro groups is 1. The van der Waals surface area contributed by atoms with Crippen LogP contribution in [0.5, 0.6) is 0 Å². The first-order valence-electron chi connectivity index (χ1n) is 6.26. The molecule has 1 aliphatic carbocycles. The van der Waals surface area contributed by atoms with Crippen LogP contribution in [-0.4, -0.2) is 11.5 Å². The number of benzene rings is 1. The van der Waals surface area contributed by atoms with Gasteiger partial charge in [-0.1, -0.05) is 37.4 Å². The van der Waals surface area contributed by atoms with E-state index in [2.05, 4.69) is 12.2 Å². The van der Waals surface area contributed by atoms with Crippen molar-refractivity contribution in [3.63, 3.8) is 0 Å². The van der Waals surface area contributed by atoms with E-state index < -0.39 is 4.92 Å². The normalized spacial score (nSPS) is 23.0. The van der Waals surface area contributed by atoms with Crippen LogP contribution in [0.25, 0.3) is 0 Å². The summed E-state index contributed by atoms with van der Waals surface area (Å²) in [6.07, 6.45) is 3.68. The molecule has 0 aromatic heterocycles. The van der Waals surface area contributed by atoms with E-state index in [-0.39, 0.29) is 5.69 Å². The molecule has 0 bridgehead atoms. The Morgan fingerprint density at radius 2 is 2.28 bits per heavy atom. The molecule has 1 fully saturated rings. The van der Waals surface area contributed by atoms with E-state index in [0.29, 0.717) is 22.5 Å². The minimum absolute atomic E-state index is 0.0492. The van der Waals surface area contributed by atoms with Crippen molar-refractivity contribution >= 4 is 23.0 Å². The summed E-state index contributed by atoms with van der Waals surface area (Å²) in [6, 6.07) is 4.76. The molecular formula is C13H17ClN2O2. The van der Waals surface area contributed by atoms with E-state index in [0.717, 1.165) is 6.54 Å². The van der Waals surface area contributed by atoms with Gasteiger partial charge in [-0.3, -0.25) is 10.1 Å². The van der Waals surface area contributed by atoms with Crippen molar-refractivity contribution in [3.05, 3.63) is 33.3 Å². The Balaban J connectivity index is 2.11. The smallest absolute Gasteiger partial charge is 0.293 e. The molecule has 0 heterocycles. The van der Waals surface area contributed by atoms with Gasteiger partial charge in [-0.15, -0.1) is 0 Å². The van der Waals surface area contributed by atoms with Gasteiger partial charge in [-0.05, 0) is 24.3 Å². The van der Waals surface area contributed by atoms with Gasteiger partial charge >= 0.3 is 0 Å². The highest BCUT2D eigenvalue weighted by Crippen LogP contribution is 2.35. The van der Waals surface area contributed by atoms with Crippen LogP contribution in [0.15, 0.2) is 18.2 Å². The Hall–Kier alpha value is -1.29. The summed E-state index contributed by atoms with van der Waals surface area (Å²) in [4.78, 5) is 10.5. The highest BCUT2D eigenvalue weighted by Gasteiger charge is 2.24. The second-order valence-electron chi connectivity index (χ2n) is 4.94. The minimum atomic E-state index is -0.397. The van der Waals surface area contributed by atoms with E-state index in [1.807, 2.05) is 0 Å². The third-order valence-electron chi connectivity index (χ3n) is 3.77.